The molecule has 0 aliphatic heterocycles. The van der Waals surface area contributed by atoms with Crippen molar-refractivity contribution in [2.24, 2.45) is 0 Å². The predicted molar refractivity (Wildman–Crippen MR) is 68.5 cm³/mol. The molecule has 0 amide bonds. The highest BCUT2D eigenvalue weighted by atomic mass is 32.2. The smallest absolute Gasteiger partial charge is 0.164 e. The first-order chi connectivity index (χ1) is 8.15. The van der Waals surface area contributed by atoms with E-state index in [1.807, 2.05) is 13.0 Å². The van der Waals surface area contributed by atoms with E-state index in [9.17, 15) is 0 Å². The number of methoxy groups -OCH3 is 3. The monoisotopic (exact) mass is 258 g/mol. The molecule has 1 aromatic carbocycles. The molecule has 0 saturated heterocycles. The number of hydrogen-bond donors (Lipinski definition) is 1. The van der Waals surface area contributed by atoms with Crippen molar-refractivity contribution in [3.05, 3.63) is 12.1 Å². The number of benzene rings is 1. The van der Waals surface area contributed by atoms with Gasteiger partial charge in [-0.25, -0.2) is 0 Å². The molecule has 0 fully saturated rings. The molecule has 0 aromatic heterocycles. The topological polar surface area (TPSA) is 47.9 Å². The van der Waals surface area contributed by atoms with Crippen LogP contribution in [0.25, 0.3) is 0 Å². The highest BCUT2D eigenvalue weighted by Crippen LogP contribution is 2.40. The summed E-state index contributed by atoms with van der Waals surface area (Å²) in [5.74, 6) is 2.00. The Labute approximate surface area is 106 Å². The van der Waals surface area contributed by atoms with E-state index in [2.05, 4.69) is 0 Å². The molecular weight excluding hydrogens is 240 g/mol. The second kappa shape index (κ2) is 6.61. The van der Waals surface area contributed by atoms with Gasteiger partial charge in [-0.05, 0) is 0 Å². The first-order valence-electron chi connectivity index (χ1n) is 5.23. The molecule has 0 saturated carbocycles. The normalized spacial score (nSPS) is 12.1. The van der Waals surface area contributed by atoms with Gasteiger partial charge in [0.25, 0.3) is 0 Å². The van der Waals surface area contributed by atoms with E-state index in [4.69, 9.17) is 19.3 Å². The molecular formula is C12H18O4S. The van der Waals surface area contributed by atoms with Crippen molar-refractivity contribution < 1.29 is 19.3 Å². The predicted octanol–water partition coefficient (Wildman–Crippen LogP) is 2.19. The fourth-order valence-corrected chi connectivity index (χ4v) is 2.29. The average molecular weight is 258 g/mol. The zero-order valence-electron chi connectivity index (χ0n) is 10.5. The first-order valence-corrected chi connectivity index (χ1v) is 6.11. The molecule has 1 rings (SSSR count). The number of aliphatic hydroxyl groups is 1. The van der Waals surface area contributed by atoms with Crippen molar-refractivity contribution >= 4 is 11.8 Å². The average Bonchev–Trinajstić information content (AvgIpc) is 2.37. The van der Waals surface area contributed by atoms with Crippen molar-refractivity contribution in [3.8, 4) is 17.2 Å². The van der Waals surface area contributed by atoms with Crippen LogP contribution in [0.15, 0.2) is 17.0 Å². The molecule has 0 aliphatic rings. The maximum atomic E-state index is 9.07. The van der Waals surface area contributed by atoms with E-state index in [1.165, 1.54) is 11.8 Å². The molecule has 17 heavy (non-hydrogen) atoms. The van der Waals surface area contributed by atoms with E-state index in [1.54, 1.807) is 27.4 Å². The Kier molecular flexibility index (Phi) is 5.44. The van der Waals surface area contributed by atoms with E-state index in [-0.39, 0.29) is 11.9 Å². The van der Waals surface area contributed by atoms with Gasteiger partial charge in [-0.2, -0.15) is 0 Å². The Morgan fingerprint density at radius 1 is 1.06 bits per heavy atom. The summed E-state index contributed by atoms with van der Waals surface area (Å²) in [6.45, 7) is 2.06. The maximum Gasteiger partial charge on any atom is 0.164 e. The van der Waals surface area contributed by atoms with Crippen LogP contribution in [0.4, 0.5) is 0 Å². The Hall–Kier alpha value is -1.07. The Morgan fingerprint density at radius 2 is 1.59 bits per heavy atom. The minimum Gasteiger partial charge on any atom is -0.495 e. The number of hydrogen-bond acceptors (Lipinski definition) is 5. The first kappa shape index (κ1) is 14.0. The van der Waals surface area contributed by atoms with Crippen LogP contribution in [0, 0.1) is 0 Å². The van der Waals surface area contributed by atoms with Gasteiger partial charge in [-0.15, -0.1) is 11.8 Å². The zero-order valence-corrected chi connectivity index (χ0v) is 11.3. The third-order valence-corrected chi connectivity index (χ3v) is 3.38. The summed E-state index contributed by atoms with van der Waals surface area (Å²) in [7, 11) is 4.78. The number of rotatable bonds is 6. The Morgan fingerprint density at radius 3 is 2.06 bits per heavy atom. The summed E-state index contributed by atoms with van der Waals surface area (Å²) in [4.78, 5) is 0.923. The maximum absolute atomic E-state index is 9.07. The van der Waals surface area contributed by atoms with E-state index < -0.39 is 0 Å². The molecule has 0 aliphatic carbocycles. The van der Waals surface area contributed by atoms with Crippen LogP contribution < -0.4 is 14.2 Å². The molecule has 1 unspecified atom stereocenters. The summed E-state index contributed by atoms with van der Waals surface area (Å²) in [5.41, 5.74) is 0. The zero-order chi connectivity index (χ0) is 12.8. The second-order valence-electron chi connectivity index (χ2n) is 3.47. The highest BCUT2D eigenvalue weighted by molar-refractivity contribution is 8.00. The lowest BCUT2D eigenvalue weighted by molar-refractivity contribution is 0.300. The summed E-state index contributed by atoms with van der Waals surface area (Å²) < 4.78 is 15.7. The van der Waals surface area contributed by atoms with E-state index >= 15 is 0 Å². The lowest BCUT2D eigenvalue weighted by Crippen LogP contribution is -2.02. The van der Waals surface area contributed by atoms with Crippen molar-refractivity contribution in [2.75, 3.05) is 27.9 Å². The summed E-state index contributed by atoms with van der Waals surface area (Å²) >= 11 is 1.53. The third-order valence-electron chi connectivity index (χ3n) is 2.26. The number of thioether (sulfide) groups is 1. The lowest BCUT2D eigenvalue weighted by atomic mass is 10.3. The van der Waals surface area contributed by atoms with Crippen LogP contribution in [0.2, 0.25) is 0 Å². The van der Waals surface area contributed by atoms with Gasteiger partial charge in [-0.3, -0.25) is 0 Å². The van der Waals surface area contributed by atoms with Gasteiger partial charge in [0.1, 0.15) is 5.75 Å². The fourth-order valence-electron chi connectivity index (χ4n) is 1.35. The summed E-state index contributed by atoms with van der Waals surface area (Å²) in [6.07, 6.45) is 0. The van der Waals surface area contributed by atoms with Crippen LogP contribution in [-0.2, 0) is 0 Å². The number of ether oxygens (including phenoxy) is 3. The van der Waals surface area contributed by atoms with Gasteiger partial charge in [0.05, 0.1) is 32.8 Å². The SMILES string of the molecule is COc1cc(OC)c(SC(C)CO)cc1OC. The molecule has 1 N–H and O–H groups in total. The van der Waals surface area contributed by atoms with Gasteiger partial charge in [-0.1, -0.05) is 6.92 Å². The largest absolute Gasteiger partial charge is 0.495 e. The molecule has 1 atom stereocenters. The molecule has 96 valence electrons. The second-order valence-corrected chi connectivity index (χ2v) is 4.95. The quantitative estimate of drug-likeness (QED) is 0.793. The van der Waals surface area contributed by atoms with Crippen LogP contribution in [0.3, 0.4) is 0 Å². The van der Waals surface area contributed by atoms with Crippen LogP contribution >= 0.6 is 11.8 Å². The van der Waals surface area contributed by atoms with Crippen molar-refractivity contribution in [1.82, 2.24) is 0 Å². The van der Waals surface area contributed by atoms with Gasteiger partial charge >= 0.3 is 0 Å². The van der Waals surface area contributed by atoms with E-state index in [0.717, 1.165) is 4.90 Å². The van der Waals surface area contributed by atoms with Crippen LogP contribution in [0.5, 0.6) is 17.2 Å². The molecule has 5 heteroatoms. The van der Waals surface area contributed by atoms with Gasteiger partial charge in [0.2, 0.25) is 0 Å². The Balaban J connectivity index is 3.09. The summed E-state index contributed by atoms with van der Waals surface area (Å²) in [5, 5.41) is 9.17. The molecule has 0 bridgehead atoms. The molecule has 4 nitrogen and oxygen atoms in total. The van der Waals surface area contributed by atoms with Gasteiger partial charge < -0.3 is 19.3 Å². The fraction of sp³-hybridized carbons (Fsp3) is 0.500. The highest BCUT2D eigenvalue weighted by Gasteiger charge is 2.14. The standard InChI is InChI=1S/C12H18O4S/c1-8(7-13)17-12-6-10(15-3)9(14-2)5-11(12)16-4/h5-6,8,13H,7H2,1-4H3. The van der Waals surface area contributed by atoms with Crippen molar-refractivity contribution in [1.29, 1.82) is 0 Å². The van der Waals surface area contributed by atoms with Crippen molar-refractivity contribution in [3.63, 3.8) is 0 Å². The summed E-state index contributed by atoms with van der Waals surface area (Å²) in [6, 6.07) is 3.64. The van der Waals surface area contributed by atoms with Crippen LogP contribution in [-0.4, -0.2) is 38.3 Å². The Bertz CT molecular complexity index is 368. The van der Waals surface area contributed by atoms with Crippen LogP contribution in [0.1, 0.15) is 6.92 Å². The minimum atomic E-state index is 0.0991. The van der Waals surface area contributed by atoms with Crippen molar-refractivity contribution in [2.45, 2.75) is 17.1 Å². The third kappa shape index (κ3) is 3.44. The molecule has 0 heterocycles. The van der Waals surface area contributed by atoms with Gasteiger partial charge in [0.15, 0.2) is 11.5 Å². The minimum absolute atomic E-state index is 0.0991. The molecule has 0 spiro atoms. The van der Waals surface area contributed by atoms with Gasteiger partial charge in [0, 0.05) is 17.4 Å². The molecule has 0 radical (unpaired) electrons. The number of aliphatic hydroxyl groups excluding tert-OH is 1. The lowest BCUT2D eigenvalue weighted by Gasteiger charge is -2.15. The molecule has 1 aromatic rings. The van der Waals surface area contributed by atoms with E-state index in [0.29, 0.717) is 17.2 Å².